The van der Waals surface area contributed by atoms with Crippen LogP contribution in [0.5, 0.6) is 5.75 Å². The summed E-state index contributed by atoms with van der Waals surface area (Å²) >= 11 is 0. The highest BCUT2D eigenvalue weighted by molar-refractivity contribution is 5.93. The van der Waals surface area contributed by atoms with Crippen LogP contribution < -0.4 is 15.8 Å². The summed E-state index contributed by atoms with van der Waals surface area (Å²) in [5.41, 5.74) is 7.08. The number of aryl methyl sites for hydroxylation is 1. The summed E-state index contributed by atoms with van der Waals surface area (Å²) in [6, 6.07) is 9.52. The summed E-state index contributed by atoms with van der Waals surface area (Å²) in [5, 5.41) is 2.86. The van der Waals surface area contributed by atoms with E-state index in [0.29, 0.717) is 17.9 Å². The van der Waals surface area contributed by atoms with E-state index in [4.69, 9.17) is 14.9 Å². The Hall–Kier alpha value is -2.27. The van der Waals surface area contributed by atoms with Crippen molar-refractivity contribution in [3.8, 4) is 5.75 Å². The third-order valence-electron chi connectivity index (χ3n) is 3.36. The quantitative estimate of drug-likeness (QED) is 0.824. The zero-order valence-corrected chi connectivity index (χ0v) is 13.0. The number of carbonyl (C=O) groups is 1. The highest BCUT2D eigenvalue weighted by Gasteiger charge is 2.13. The second-order valence-electron chi connectivity index (χ2n) is 5.18. The minimum Gasteiger partial charge on any atom is -0.489 e. The molecule has 1 aromatic heterocycles. The Balaban J connectivity index is 1.89. The van der Waals surface area contributed by atoms with Crippen LogP contribution in [0.15, 0.2) is 41.0 Å². The molecule has 0 aliphatic rings. The number of ether oxygens (including phenoxy) is 1. The molecule has 1 aromatic carbocycles. The van der Waals surface area contributed by atoms with Gasteiger partial charge < -0.3 is 20.2 Å². The second-order valence-corrected chi connectivity index (χ2v) is 5.18. The Morgan fingerprint density at radius 1 is 1.41 bits per heavy atom. The number of rotatable bonds is 7. The van der Waals surface area contributed by atoms with Crippen LogP contribution in [0.25, 0.3) is 0 Å². The summed E-state index contributed by atoms with van der Waals surface area (Å²) in [6.07, 6.45) is 2.14. The number of benzene rings is 1. The zero-order valence-electron chi connectivity index (χ0n) is 13.0. The molecule has 22 heavy (non-hydrogen) atoms. The standard InChI is InChI=1S/C17H22N2O3/c1-3-14(22-15-6-4-5-12(2)7-15)10-19-17(20)13-8-16(9-18)21-11-13/h4-8,11,14H,3,9-10,18H2,1-2H3,(H,19,20). The van der Waals surface area contributed by atoms with Crippen LogP contribution in [0.1, 0.15) is 35.0 Å². The summed E-state index contributed by atoms with van der Waals surface area (Å²) in [7, 11) is 0. The van der Waals surface area contributed by atoms with Crippen LogP contribution in [-0.4, -0.2) is 18.6 Å². The van der Waals surface area contributed by atoms with Crippen molar-refractivity contribution in [1.82, 2.24) is 5.32 Å². The number of carbonyl (C=O) groups excluding carboxylic acids is 1. The van der Waals surface area contributed by atoms with Gasteiger partial charge >= 0.3 is 0 Å². The molecule has 1 unspecified atom stereocenters. The van der Waals surface area contributed by atoms with E-state index in [1.807, 2.05) is 38.1 Å². The van der Waals surface area contributed by atoms with E-state index in [9.17, 15) is 4.79 Å². The lowest BCUT2D eigenvalue weighted by atomic mass is 10.2. The van der Waals surface area contributed by atoms with Gasteiger partial charge in [0.05, 0.1) is 18.7 Å². The number of nitrogens with two attached hydrogens (primary N) is 1. The lowest BCUT2D eigenvalue weighted by Gasteiger charge is -2.18. The van der Waals surface area contributed by atoms with Gasteiger partial charge in [-0.3, -0.25) is 4.79 Å². The van der Waals surface area contributed by atoms with Crippen molar-refractivity contribution in [3.63, 3.8) is 0 Å². The number of hydrogen-bond donors (Lipinski definition) is 2. The van der Waals surface area contributed by atoms with Crippen molar-refractivity contribution in [2.45, 2.75) is 32.9 Å². The molecule has 0 bridgehead atoms. The molecule has 118 valence electrons. The number of hydrogen-bond acceptors (Lipinski definition) is 4. The van der Waals surface area contributed by atoms with E-state index in [-0.39, 0.29) is 18.6 Å². The lowest BCUT2D eigenvalue weighted by Crippen LogP contribution is -2.34. The first-order chi connectivity index (χ1) is 10.6. The van der Waals surface area contributed by atoms with Crippen LogP contribution in [0, 0.1) is 6.92 Å². The van der Waals surface area contributed by atoms with E-state index >= 15 is 0 Å². The van der Waals surface area contributed by atoms with Gasteiger partial charge in [0.15, 0.2) is 0 Å². The second kappa shape index (κ2) is 7.66. The Morgan fingerprint density at radius 2 is 2.23 bits per heavy atom. The summed E-state index contributed by atoms with van der Waals surface area (Å²) in [4.78, 5) is 12.0. The molecule has 1 atom stereocenters. The SMILES string of the molecule is CCC(CNC(=O)c1coc(CN)c1)Oc1cccc(C)c1. The summed E-state index contributed by atoms with van der Waals surface area (Å²) in [5.74, 6) is 1.22. The van der Waals surface area contributed by atoms with E-state index in [0.717, 1.165) is 17.7 Å². The van der Waals surface area contributed by atoms with E-state index < -0.39 is 0 Å². The molecule has 0 aliphatic carbocycles. The maximum Gasteiger partial charge on any atom is 0.254 e. The molecule has 5 nitrogen and oxygen atoms in total. The van der Waals surface area contributed by atoms with Crippen LogP contribution in [0.2, 0.25) is 0 Å². The molecular weight excluding hydrogens is 280 g/mol. The molecule has 0 saturated carbocycles. The minimum atomic E-state index is -0.185. The Labute approximate surface area is 130 Å². The third-order valence-corrected chi connectivity index (χ3v) is 3.36. The number of amides is 1. The van der Waals surface area contributed by atoms with Crippen molar-refractivity contribution in [2.24, 2.45) is 5.73 Å². The van der Waals surface area contributed by atoms with E-state index in [1.165, 1.54) is 6.26 Å². The van der Waals surface area contributed by atoms with Gasteiger partial charge in [-0.05, 0) is 37.1 Å². The molecule has 0 aliphatic heterocycles. The minimum absolute atomic E-state index is 0.0772. The predicted octanol–water partition coefficient (Wildman–Crippen LogP) is 2.63. The van der Waals surface area contributed by atoms with E-state index in [2.05, 4.69) is 5.32 Å². The zero-order chi connectivity index (χ0) is 15.9. The third kappa shape index (κ3) is 4.36. The van der Waals surface area contributed by atoms with Crippen LogP contribution in [0.3, 0.4) is 0 Å². The Kier molecular flexibility index (Phi) is 5.61. The Bertz CT molecular complexity index is 622. The molecule has 1 amide bonds. The van der Waals surface area contributed by atoms with Gasteiger partial charge in [0.2, 0.25) is 0 Å². The molecule has 0 fully saturated rings. The van der Waals surface area contributed by atoms with Gasteiger partial charge in [-0.1, -0.05) is 19.1 Å². The fraction of sp³-hybridized carbons (Fsp3) is 0.353. The maximum atomic E-state index is 12.0. The summed E-state index contributed by atoms with van der Waals surface area (Å²) in [6.45, 7) is 4.76. The van der Waals surface area contributed by atoms with Crippen molar-refractivity contribution < 1.29 is 13.9 Å². The van der Waals surface area contributed by atoms with Gasteiger partial charge in [-0.25, -0.2) is 0 Å². The van der Waals surface area contributed by atoms with Crippen LogP contribution >= 0.6 is 0 Å². The molecule has 1 heterocycles. The predicted molar refractivity (Wildman–Crippen MR) is 84.8 cm³/mol. The molecule has 0 saturated heterocycles. The average molecular weight is 302 g/mol. The first kappa shape index (κ1) is 16.1. The van der Waals surface area contributed by atoms with Crippen molar-refractivity contribution in [2.75, 3.05) is 6.54 Å². The molecular formula is C17H22N2O3. The van der Waals surface area contributed by atoms with Crippen LogP contribution in [-0.2, 0) is 6.54 Å². The first-order valence-electron chi connectivity index (χ1n) is 7.41. The molecule has 2 rings (SSSR count). The Morgan fingerprint density at radius 3 is 2.86 bits per heavy atom. The summed E-state index contributed by atoms with van der Waals surface area (Å²) < 4.78 is 11.1. The van der Waals surface area contributed by atoms with Gasteiger partial charge in [-0.2, -0.15) is 0 Å². The molecule has 3 N–H and O–H groups in total. The monoisotopic (exact) mass is 302 g/mol. The topological polar surface area (TPSA) is 77.5 Å². The maximum absolute atomic E-state index is 12.0. The number of furan rings is 1. The average Bonchev–Trinajstić information content (AvgIpc) is 3.00. The van der Waals surface area contributed by atoms with Crippen LogP contribution in [0.4, 0.5) is 0 Å². The molecule has 0 radical (unpaired) electrons. The number of nitrogens with one attached hydrogen (secondary N) is 1. The fourth-order valence-corrected chi connectivity index (χ4v) is 2.07. The van der Waals surface area contributed by atoms with Gasteiger partial charge in [0.1, 0.15) is 23.9 Å². The molecule has 5 heteroatoms. The van der Waals surface area contributed by atoms with Gasteiger partial charge in [0.25, 0.3) is 5.91 Å². The van der Waals surface area contributed by atoms with Gasteiger partial charge in [-0.15, -0.1) is 0 Å². The van der Waals surface area contributed by atoms with Gasteiger partial charge in [0, 0.05) is 0 Å². The highest BCUT2D eigenvalue weighted by Crippen LogP contribution is 2.15. The van der Waals surface area contributed by atoms with E-state index in [1.54, 1.807) is 6.07 Å². The van der Waals surface area contributed by atoms with Crippen molar-refractivity contribution in [1.29, 1.82) is 0 Å². The molecule has 2 aromatic rings. The van der Waals surface area contributed by atoms with Crippen molar-refractivity contribution >= 4 is 5.91 Å². The highest BCUT2D eigenvalue weighted by atomic mass is 16.5. The first-order valence-corrected chi connectivity index (χ1v) is 7.41. The normalized spacial score (nSPS) is 12.0. The van der Waals surface area contributed by atoms with Crippen molar-refractivity contribution in [3.05, 3.63) is 53.5 Å². The molecule has 0 spiro atoms. The largest absolute Gasteiger partial charge is 0.489 e. The lowest BCUT2D eigenvalue weighted by molar-refractivity contribution is 0.0925. The fourth-order valence-electron chi connectivity index (χ4n) is 2.07. The smallest absolute Gasteiger partial charge is 0.254 e.